The molecule has 0 aliphatic carbocycles. The molecular weight excluding hydrogens is 367 g/mol. The molecule has 0 spiro atoms. The van der Waals surface area contributed by atoms with Crippen molar-refractivity contribution in [3.8, 4) is 17.2 Å². The van der Waals surface area contributed by atoms with Crippen LogP contribution in [0.5, 0.6) is 17.2 Å². The molecule has 2 rings (SSSR count). The number of methoxy groups -OCH3 is 3. The van der Waals surface area contributed by atoms with Gasteiger partial charge in [0.05, 0.1) is 33.4 Å². The molecule has 1 heterocycles. The summed E-state index contributed by atoms with van der Waals surface area (Å²) in [4.78, 5) is 18.0. The molecule has 0 bridgehead atoms. The van der Waals surface area contributed by atoms with Crippen molar-refractivity contribution in [1.29, 1.82) is 0 Å². The van der Waals surface area contributed by atoms with Crippen LogP contribution in [0.2, 0.25) is 0 Å². The Kier molecular flexibility index (Phi) is 6.19. The number of nitrogens with zero attached hydrogens (tertiary/aromatic N) is 3. The fraction of sp³-hybridized carbons (Fsp3) is 0.412. The number of aromatic nitrogens is 2. The van der Waals surface area contributed by atoms with Crippen LogP contribution < -0.4 is 14.2 Å². The van der Waals surface area contributed by atoms with Gasteiger partial charge in [0, 0.05) is 19.4 Å². The molecule has 148 valence electrons. The summed E-state index contributed by atoms with van der Waals surface area (Å²) in [5.41, 5.74) is 0.187. The van der Waals surface area contributed by atoms with Crippen LogP contribution in [0.1, 0.15) is 16.2 Å². The Hall–Kier alpha value is -2.91. The Bertz CT molecular complexity index is 805. The van der Waals surface area contributed by atoms with Crippen LogP contribution >= 0.6 is 0 Å². The van der Waals surface area contributed by atoms with Crippen LogP contribution in [0.4, 0.5) is 13.2 Å². The fourth-order valence-corrected chi connectivity index (χ4v) is 2.59. The molecule has 0 saturated heterocycles. The van der Waals surface area contributed by atoms with Crippen LogP contribution in [0, 0.1) is 0 Å². The smallest absolute Gasteiger partial charge is 0.406 e. The average Bonchev–Trinajstić information content (AvgIpc) is 3.04. The van der Waals surface area contributed by atoms with Gasteiger partial charge in [-0.2, -0.15) is 13.2 Å². The minimum atomic E-state index is -4.38. The van der Waals surface area contributed by atoms with Gasteiger partial charge in [0.2, 0.25) is 5.75 Å². The number of alkyl halides is 3. The van der Waals surface area contributed by atoms with E-state index in [2.05, 4.69) is 4.98 Å². The van der Waals surface area contributed by atoms with Crippen LogP contribution in [-0.2, 0) is 13.1 Å². The van der Waals surface area contributed by atoms with Crippen molar-refractivity contribution in [2.24, 2.45) is 0 Å². The van der Waals surface area contributed by atoms with Gasteiger partial charge in [0.25, 0.3) is 5.91 Å². The van der Waals surface area contributed by atoms with E-state index < -0.39 is 18.6 Å². The molecule has 7 nitrogen and oxygen atoms in total. The van der Waals surface area contributed by atoms with Crippen molar-refractivity contribution in [1.82, 2.24) is 14.5 Å². The number of rotatable bonds is 7. The van der Waals surface area contributed by atoms with E-state index in [0.717, 1.165) is 4.57 Å². The Morgan fingerprint density at radius 2 is 1.81 bits per heavy atom. The van der Waals surface area contributed by atoms with Crippen LogP contribution in [0.25, 0.3) is 0 Å². The Morgan fingerprint density at radius 1 is 1.15 bits per heavy atom. The van der Waals surface area contributed by atoms with Gasteiger partial charge in [-0.15, -0.1) is 0 Å². The number of ether oxygens (including phenoxy) is 3. The summed E-state index contributed by atoms with van der Waals surface area (Å²) in [7, 11) is 5.70. The highest BCUT2D eigenvalue weighted by Crippen LogP contribution is 2.40. The van der Waals surface area contributed by atoms with Gasteiger partial charge in [0.1, 0.15) is 12.4 Å². The first-order valence-electron chi connectivity index (χ1n) is 7.83. The van der Waals surface area contributed by atoms with Crippen molar-refractivity contribution in [3.05, 3.63) is 35.9 Å². The molecule has 0 aliphatic rings. The fourth-order valence-electron chi connectivity index (χ4n) is 2.59. The van der Waals surface area contributed by atoms with Crippen molar-refractivity contribution in [2.75, 3.05) is 28.4 Å². The van der Waals surface area contributed by atoms with Gasteiger partial charge in [-0.05, 0) is 12.1 Å². The maximum Gasteiger partial charge on any atom is 0.406 e. The molecule has 1 aromatic carbocycles. The normalized spacial score (nSPS) is 11.2. The zero-order valence-electron chi connectivity index (χ0n) is 15.3. The predicted molar refractivity (Wildman–Crippen MR) is 90.2 cm³/mol. The quantitative estimate of drug-likeness (QED) is 0.731. The van der Waals surface area contributed by atoms with E-state index >= 15 is 0 Å². The number of amides is 1. The van der Waals surface area contributed by atoms with Crippen LogP contribution in [-0.4, -0.2) is 54.9 Å². The summed E-state index contributed by atoms with van der Waals surface area (Å²) < 4.78 is 54.6. The molecule has 0 aliphatic heterocycles. The lowest BCUT2D eigenvalue weighted by Crippen LogP contribution is -2.29. The molecular formula is C17H20F3N3O4. The SMILES string of the molecule is COc1ccc(C(=O)N(C)Cc2nccn2CC(F)(F)F)c(OC)c1OC. The van der Waals surface area contributed by atoms with E-state index in [9.17, 15) is 18.0 Å². The van der Waals surface area contributed by atoms with E-state index in [4.69, 9.17) is 14.2 Å². The number of hydrogen-bond donors (Lipinski definition) is 0. The first-order valence-corrected chi connectivity index (χ1v) is 7.83. The number of imidazole rings is 1. The van der Waals surface area contributed by atoms with Gasteiger partial charge in [-0.3, -0.25) is 4.79 Å². The second-order valence-electron chi connectivity index (χ2n) is 5.63. The highest BCUT2D eigenvalue weighted by Gasteiger charge is 2.29. The third kappa shape index (κ3) is 4.63. The van der Waals surface area contributed by atoms with Gasteiger partial charge in [0.15, 0.2) is 11.5 Å². The Balaban J connectivity index is 2.28. The Labute approximate surface area is 154 Å². The summed E-state index contributed by atoms with van der Waals surface area (Å²) in [5.74, 6) is 0.455. The predicted octanol–water partition coefficient (Wildman–Crippen LogP) is 2.74. The molecule has 2 aromatic rings. The number of halogens is 3. The number of carbonyl (C=O) groups excluding carboxylic acids is 1. The minimum absolute atomic E-state index is 0.112. The molecule has 0 atom stereocenters. The summed E-state index contributed by atoms with van der Waals surface area (Å²) in [6.45, 7) is -1.29. The lowest BCUT2D eigenvalue weighted by atomic mass is 10.1. The molecule has 0 unspecified atom stereocenters. The average molecular weight is 387 g/mol. The highest BCUT2D eigenvalue weighted by atomic mass is 19.4. The highest BCUT2D eigenvalue weighted by molar-refractivity contribution is 5.98. The molecule has 1 aromatic heterocycles. The van der Waals surface area contributed by atoms with Gasteiger partial charge >= 0.3 is 6.18 Å². The van der Waals surface area contributed by atoms with E-state index in [1.165, 1.54) is 51.7 Å². The third-order valence-electron chi connectivity index (χ3n) is 3.81. The Morgan fingerprint density at radius 3 is 2.37 bits per heavy atom. The van der Waals surface area contributed by atoms with Gasteiger partial charge < -0.3 is 23.7 Å². The summed E-state index contributed by atoms with van der Waals surface area (Å²) >= 11 is 0. The maximum absolute atomic E-state index is 12.8. The molecule has 0 radical (unpaired) electrons. The number of carbonyl (C=O) groups is 1. The lowest BCUT2D eigenvalue weighted by molar-refractivity contribution is -0.141. The maximum atomic E-state index is 12.8. The topological polar surface area (TPSA) is 65.8 Å². The summed E-state index contributed by atoms with van der Waals surface area (Å²) in [5, 5.41) is 0. The monoisotopic (exact) mass is 387 g/mol. The zero-order valence-corrected chi connectivity index (χ0v) is 15.3. The standard InChI is InChI=1S/C17H20F3N3O4/c1-22(9-13-21-7-8-23(13)10-17(18,19)20)16(24)11-5-6-12(25-2)15(27-4)14(11)26-3/h5-8H,9-10H2,1-4H3. The second kappa shape index (κ2) is 8.19. The number of hydrogen-bond acceptors (Lipinski definition) is 5. The number of benzene rings is 1. The summed E-state index contributed by atoms with van der Waals surface area (Å²) in [6, 6.07) is 3.05. The molecule has 0 fully saturated rings. The van der Waals surface area contributed by atoms with E-state index in [1.807, 2.05) is 0 Å². The molecule has 27 heavy (non-hydrogen) atoms. The van der Waals surface area contributed by atoms with Crippen molar-refractivity contribution < 1.29 is 32.2 Å². The molecule has 0 N–H and O–H groups in total. The third-order valence-corrected chi connectivity index (χ3v) is 3.81. The van der Waals surface area contributed by atoms with Crippen molar-refractivity contribution >= 4 is 5.91 Å². The first kappa shape index (κ1) is 20.4. The van der Waals surface area contributed by atoms with Crippen LogP contribution in [0.3, 0.4) is 0 Å². The summed E-state index contributed by atoms with van der Waals surface area (Å²) in [6.07, 6.45) is -1.90. The van der Waals surface area contributed by atoms with Crippen molar-refractivity contribution in [2.45, 2.75) is 19.3 Å². The van der Waals surface area contributed by atoms with Gasteiger partial charge in [-0.1, -0.05) is 0 Å². The van der Waals surface area contributed by atoms with E-state index in [-0.39, 0.29) is 29.4 Å². The largest absolute Gasteiger partial charge is 0.493 e. The second-order valence-corrected chi connectivity index (χ2v) is 5.63. The van der Waals surface area contributed by atoms with E-state index in [1.54, 1.807) is 6.07 Å². The molecule has 1 amide bonds. The first-order chi connectivity index (χ1) is 12.7. The minimum Gasteiger partial charge on any atom is -0.493 e. The van der Waals surface area contributed by atoms with E-state index in [0.29, 0.717) is 5.75 Å². The zero-order chi connectivity index (χ0) is 20.2. The molecule has 10 heteroatoms. The van der Waals surface area contributed by atoms with Crippen molar-refractivity contribution in [3.63, 3.8) is 0 Å². The van der Waals surface area contributed by atoms with Gasteiger partial charge in [-0.25, -0.2) is 4.98 Å². The molecule has 0 saturated carbocycles. The lowest BCUT2D eigenvalue weighted by Gasteiger charge is -2.21. The van der Waals surface area contributed by atoms with Crippen LogP contribution in [0.15, 0.2) is 24.5 Å².